The third kappa shape index (κ3) is 4.23. The third-order valence-electron chi connectivity index (χ3n) is 2.26. The van der Waals surface area contributed by atoms with Crippen LogP contribution in [0.4, 0.5) is 24.7 Å². The number of rotatable bonds is 4. The molecule has 0 saturated carbocycles. The van der Waals surface area contributed by atoms with E-state index >= 15 is 0 Å². The van der Waals surface area contributed by atoms with Crippen molar-refractivity contribution in [2.24, 2.45) is 0 Å². The maximum atomic E-state index is 12.5. The first-order valence-electron chi connectivity index (χ1n) is 5.26. The highest BCUT2D eigenvalue weighted by Crippen LogP contribution is 2.31. The average Bonchev–Trinajstić information content (AvgIpc) is 2.23. The Morgan fingerprint density at radius 1 is 1.47 bits per heavy atom. The van der Waals surface area contributed by atoms with Gasteiger partial charge in [-0.05, 0) is 19.9 Å². The minimum Gasteiger partial charge on any atom is -0.339 e. The van der Waals surface area contributed by atoms with Gasteiger partial charge in [0.25, 0.3) is 0 Å². The second-order valence-electron chi connectivity index (χ2n) is 4.07. The van der Waals surface area contributed by atoms with Gasteiger partial charge in [-0.15, -0.1) is 0 Å². The Bertz CT molecular complexity index is 480. The Morgan fingerprint density at radius 3 is 2.47 bits per heavy atom. The van der Waals surface area contributed by atoms with Crippen molar-refractivity contribution in [3.05, 3.63) is 27.4 Å². The molecule has 19 heavy (non-hydrogen) atoms. The van der Waals surface area contributed by atoms with E-state index in [0.717, 1.165) is 17.0 Å². The molecule has 0 fully saturated rings. The number of hydrogen-bond donors (Lipinski definition) is 0. The van der Waals surface area contributed by atoms with Crippen LogP contribution in [-0.2, 0) is 0 Å². The highest BCUT2D eigenvalue weighted by atomic mass is 35.5. The number of alkyl halides is 3. The Labute approximate surface area is 112 Å². The van der Waals surface area contributed by atoms with Gasteiger partial charge in [-0.2, -0.15) is 13.2 Å². The molecule has 0 aliphatic heterocycles. The number of anilines is 1. The summed E-state index contributed by atoms with van der Waals surface area (Å²) in [6.07, 6.45) is -4.50. The molecule has 0 spiro atoms. The molecule has 0 saturated heterocycles. The molecular weight excluding hydrogens is 287 g/mol. The van der Waals surface area contributed by atoms with Gasteiger partial charge in [-0.3, -0.25) is 10.1 Å². The summed E-state index contributed by atoms with van der Waals surface area (Å²) in [5, 5.41) is 10.7. The predicted octanol–water partition coefficient (Wildman–Crippen LogP) is 3.42. The summed E-state index contributed by atoms with van der Waals surface area (Å²) in [6, 6.07) is 1.58. The largest absolute Gasteiger partial charge is 0.405 e. The van der Waals surface area contributed by atoms with Crippen LogP contribution in [0.3, 0.4) is 0 Å². The normalized spacial score (nSPS) is 11.7. The first-order chi connectivity index (χ1) is 8.61. The van der Waals surface area contributed by atoms with Crippen molar-refractivity contribution in [3.8, 4) is 0 Å². The Balaban J connectivity index is 3.29. The van der Waals surface area contributed by atoms with Crippen LogP contribution in [0, 0.1) is 10.1 Å². The zero-order valence-electron chi connectivity index (χ0n) is 10.1. The second-order valence-corrected chi connectivity index (χ2v) is 4.46. The highest BCUT2D eigenvalue weighted by molar-refractivity contribution is 6.29. The molecule has 9 heteroatoms. The minimum atomic E-state index is -4.50. The van der Waals surface area contributed by atoms with Crippen molar-refractivity contribution in [2.75, 3.05) is 11.4 Å². The topological polar surface area (TPSA) is 59.3 Å². The van der Waals surface area contributed by atoms with Crippen molar-refractivity contribution >= 4 is 23.1 Å². The lowest BCUT2D eigenvalue weighted by atomic mass is 10.2. The number of aromatic nitrogens is 1. The zero-order chi connectivity index (χ0) is 14.8. The molecule has 0 aromatic carbocycles. The fourth-order valence-electron chi connectivity index (χ4n) is 1.47. The van der Waals surface area contributed by atoms with Gasteiger partial charge in [-0.25, -0.2) is 4.98 Å². The summed E-state index contributed by atoms with van der Waals surface area (Å²) in [5.74, 6) is -0.384. The summed E-state index contributed by atoms with van der Waals surface area (Å²) in [5.41, 5.74) is -0.512. The average molecular weight is 298 g/mol. The molecule has 0 radical (unpaired) electrons. The van der Waals surface area contributed by atoms with Gasteiger partial charge in [0.05, 0.1) is 4.92 Å². The van der Waals surface area contributed by atoms with Crippen LogP contribution in [0.25, 0.3) is 0 Å². The lowest BCUT2D eigenvalue weighted by Gasteiger charge is -2.28. The van der Waals surface area contributed by atoms with Gasteiger partial charge in [0.15, 0.2) is 0 Å². The molecule has 0 unspecified atom stereocenters. The van der Waals surface area contributed by atoms with E-state index in [9.17, 15) is 23.3 Å². The van der Waals surface area contributed by atoms with Crippen molar-refractivity contribution in [1.82, 2.24) is 4.98 Å². The Morgan fingerprint density at radius 2 is 2.05 bits per heavy atom. The van der Waals surface area contributed by atoms with E-state index in [4.69, 9.17) is 11.6 Å². The minimum absolute atomic E-state index is 0.103. The van der Waals surface area contributed by atoms with E-state index in [2.05, 4.69) is 4.98 Å². The van der Waals surface area contributed by atoms with Gasteiger partial charge in [-0.1, -0.05) is 11.6 Å². The number of hydrogen-bond acceptors (Lipinski definition) is 4. The van der Waals surface area contributed by atoms with E-state index in [1.165, 1.54) is 13.8 Å². The van der Waals surface area contributed by atoms with E-state index in [-0.39, 0.29) is 11.0 Å². The van der Waals surface area contributed by atoms with Crippen LogP contribution in [0.5, 0.6) is 0 Å². The van der Waals surface area contributed by atoms with Crippen LogP contribution < -0.4 is 4.90 Å². The molecule has 0 N–H and O–H groups in total. The molecule has 5 nitrogen and oxygen atoms in total. The van der Waals surface area contributed by atoms with Crippen molar-refractivity contribution in [2.45, 2.75) is 26.1 Å². The molecule has 1 aromatic heterocycles. The van der Waals surface area contributed by atoms with Crippen LogP contribution in [-0.4, -0.2) is 28.7 Å². The maximum absolute atomic E-state index is 12.5. The summed E-state index contributed by atoms with van der Waals surface area (Å²) < 4.78 is 37.5. The SMILES string of the molecule is CC(C)N(CC(F)(F)F)c1nc(Cl)ccc1[N+](=O)[O-]. The molecule has 106 valence electrons. The summed E-state index contributed by atoms with van der Waals surface area (Å²) in [6.45, 7) is 1.63. The fraction of sp³-hybridized carbons (Fsp3) is 0.500. The maximum Gasteiger partial charge on any atom is 0.405 e. The highest BCUT2D eigenvalue weighted by Gasteiger charge is 2.35. The molecule has 1 aromatic rings. The van der Waals surface area contributed by atoms with Gasteiger partial charge < -0.3 is 4.90 Å². The molecule has 1 heterocycles. The van der Waals surface area contributed by atoms with Crippen molar-refractivity contribution < 1.29 is 18.1 Å². The molecule has 0 bridgehead atoms. The van der Waals surface area contributed by atoms with Crippen LogP contribution in [0.1, 0.15) is 13.8 Å². The van der Waals surface area contributed by atoms with Crippen LogP contribution in [0.15, 0.2) is 12.1 Å². The van der Waals surface area contributed by atoms with Gasteiger partial charge >= 0.3 is 11.9 Å². The number of pyridine rings is 1. The van der Waals surface area contributed by atoms with E-state index in [0.29, 0.717) is 0 Å². The fourth-order valence-corrected chi connectivity index (χ4v) is 1.61. The summed E-state index contributed by atoms with van der Waals surface area (Å²) in [7, 11) is 0. The quantitative estimate of drug-likeness (QED) is 0.485. The van der Waals surface area contributed by atoms with Gasteiger partial charge in [0.2, 0.25) is 5.82 Å². The lowest BCUT2D eigenvalue weighted by Crippen LogP contribution is -2.40. The molecule has 0 amide bonds. The first-order valence-corrected chi connectivity index (χ1v) is 5.64. The number of nitrogens with zero attached hydrogens (tertiary/aromatic N) is 3. The third-order valence-corrected chi connectivity index (χ3v) is 2.47. The van der Waals surface area contributed by atoms with Crippen molar-refractivity contribution in [1.29, 1.82) is 0 Å². The van der Waals surface area contributed by atoms with E-state index < -0.39 is 29.4 Å². The Kier molecular flexibility index (Phi) is 4.56. The van der Waals surface area contributed by atoms with Crippen molar-refractivity contribution in [3.63, 3.8) is 0 Å². The second kappa shape index (κ2) is 5.60. The van der Waals surface area contributed by atoms with E-state index in [1.54, 1.807) is 0 Å². The van der Waals surface area contributed by atoms with Gasteiger partial charge in [0.1, 0.15) is 11.7 Å². The molecule has 0 aliphatic carbocycles. The monoisotopic (exact) mass is 297 g/mol. The van der Waals surface area contributed by atoms with Crippen LogP contribution >= 0.6 is 11.6 Å². The molecule has 1 rings (SSSR count). The standard InChI is InChI=1S/C10H11ClF3N3O2/c1-6(2)16(5-10(12,13)14)9-7(17(18)19)3-4-8(11)15-9/h3-4,6H,5H2,1-2H3. The summed E-state index contributed by atoms with van der Waals surface area (Å²) >= 11 is 5.60. The smallest absolute Gasteiger partial charge is 0.339 e. The first kappa shape index (κ1) is 15.5. The van der Waals surface area contributed by atoms with Crippen LogP contribution in [0.2, 0.25) is 5.15 Å². The van der Waals surface area contributed by atoms with Gasteiger partial charge in [0, 0.05) is 12.1 Å². The predicted molar refractivity (Wildman–Crippen MR) is 64.4 cm³/mol. The van der Waals surface area contributed by atoms with E-state index in [1.807, 2.05) is 0 Å². The Hall–Kier alpha value is -1.57. The molecule has 0 atom stereocenters. The molecule has 0 aliphatic rings. The lowest BCUT2D eigenvalue weighted by molar-refractivity contribution is -0.384. The molecular formula is C10H11ClF3N3O2. The number of nitro groups is 1. The zero-order valence-corrected chi connectivity index (χ0v) is 10.9. The number of halogens is 4. The summed E-state index contributed by atoms with van der Waals surface area (Å²) in [4.78, 5) is 14.5.